The van der Waals surface area contributed by atoms with Crippen LogP contribution in [-0.2, 0) is 19.6 Å². The summed E-state index contributed by atoms with van der Waals surface area (Å²) in [6.45, 7) is 1.69. The summed E-state index contributed by atoms with van der Waals surface area (Å²) in [6, 6.07) is 1.54. The fourth-order valence-corrected chi connectivity index (χ4v) is 3.78. The summed E-state index contributed by atoms with van der Waals surface area (Å²) in [5, 5.41) is -0.000623. The molecule has 2 amide bonds. The van der Waals surface area contributed by atoms with E-state index in [4.69, 9.17) is 17.3 Å². The average Bonchev–Trinajstić information content (AvgIpc) is 2.61. The fourth-order valence-electron chi connectivity index (χ4n) is 1.97. The van der Waals surface area contributed by atoms with Crippen molar-refractivity contribution in [3.63, 3.8) is 0 Å². The highest BCUT2D eigenvalue weighted by Crippen LogP contribution is 2.27. The van der Waals surface area contributed by atoms with E-state index in [9.17, 15) is 18.0 Å². The SMILES string of the molecule is Cc1cc(Cl)c(S(=O)(=O)NC2CC(=O)N(C)C2=O)cc1N. The van der Waals surface area contributed by atoms with Crippen LogP contribution < -0.4 is 10.5 Å². The molecule has 21 heavy (non-hydrogen) atoms. The smallest absolute Gasteiger partial charge is 0.247 e. The second kappa shape index (κ2) is 5.28. The Morgan fingerprint density at radius 3 is 2.52 bits per heavy atom. The van der Waals surface area contributed by atoms with E-state index in [0.717, 1.165) is 4.90 Å². The van der Waals surface area contributed by atoms with E-state index < -0.39 is 27.9 Å². The van der Waals surface area contributed by atoms with E-state index in [-0.39, 0.29) is 22.0 Å². The fraction of sp³-hybridized carbons (Fsp3) is 0.333. The minimum absolute atomic E-state index is 0.000623. The first-order valence-corrected chi connectivity index (χ1v) is 7.88. The van der Waals surface area contributed by atoms with Gasteiger partial charge in [-0.15, -0.1) is 0 Å². The number of benzene rings is 1. The number of likely N-dealkylation sites (N-methyl/N-ethyl adjacent to an activating group) is 1. The normalized spacial score (nSPS) is 19.4. The van der Waals surface area contributed by atoms with Crippen LogP contribution in [0.5, 0.6) is 0 Å². The Morgan fingerprint density at radius 2 is 2.00 bits per heavy atom. The van der Waals surface area contributed by atoms with Gasteiger partial charge in [0.1, 0.15) is 10.9 Å². The number of carbonyl (C=O) groups is 2. The number of aryl methyl sites for hydroxylation is 1. The molecule has 1 aliphatic heterocycles. The lowest BCUT2D eigenvalue weighted by Crippen LogP contribution is -2.40. The number of imide groups is 1. The molecule has 0 bridgehead atoms. The maximum absolute atomic E-state index is 12.3. The molecule has 9 heteroatoms. The highest BCUT2D eigenvalue weighted by molar-refractivity contribution is 7.89. The number of anilines is 1. The zero-order valence-corrected chi connectivity index (χ0v) is 13.0. The maximum Gasteiger partial charge on any atom is 0.247 e. The third kappa shape index (κ3) is 2.87. The van der Waals surface area contributed by atoms with Gasteiger partial charge in [0.05, 0.1) is 11.4 Å². The minimum atomic E-state index is -4.06. The Morgan fingerprint density at radius 1 is 1.38 bits per heavy atom. The van der Waals surface area contributed by atoms with Gasteiger partial charge in [0.15, 0.2) is 0 Å². The summed E-state index contributed by atoms with van der Waals surface area (Å²) >= 11 is 5.93. The summed E-state index contributed by atoms with van der Waals surface area (Å²) in [6.07, 6.45) is -0.215. The Hall–Kier alpha value is -1.64. The van der Waals surface area contributed by atoms with Gasteiger partial charge in [-0.05, 0) is 24.6 Å². The van der Waals surface area contributed by atoms with Crippen LogP contribution in [0.1, 0.15) is 12.0 Å². The third-order valence-electron chi connectivity index (χ3n) is 3.29. The Balaban J connectivity index is 2.34. The van der Waals surface area contributed by atoms with E-state index in [2.05, 4.69) is 4.72 Å². The second-order valence-corrected chi connectivity index (χ2v) is 6.90. The molecule has 0 radical (unpaired) electrons. The van der Waals surface area contributed by atoms with Crippen molar-refractivity contribution >= 4 is 39.1 Å². The molecule has 1 saturated heterocycles. The van der Waals surface area contributed by atoms with E-state index >= 15 is 0 Å². The van der Waals surface area contributed by atoms with Crippen molar-refractivity contribution in [1.29, 1.82) is 0 Å². The highest BCUT2D eigenvalue weighted by Gasteiger charge is 2.39. The highest BCUT2D eigenvalue weighted by atomic mass is 35.5. The lowest BCUT2D eigenvalue weighted by atomic mass is 10.2. The molecule has 1 aromatic rings. The van der Waals surface area contributed by atoms with Crippen LogP contribution in [0.4, 0.5) is 5.69 Å². The van der Waals surface area contributed by atoms with Gasteiger partial charge in [0, 0.05) is 12.7 Å². The number of nitrogens with one attached hydrogen (secondary N) is 1. The molecule has 1 unspecified atom stereocenters. The molecule has 0 spiro atoms. The van der Waals surface area contributed by atoms with Gasteiger partial charge in [0.2, 0.25) is 21.8 Å². The number of carbonyl (C=O) groups excluding carboxylic acids is 2. The predicted octanol–water partition coefficient (Wildman–Crippen LogP) is 0.266. The van der Waals surface area contributed by atoms with Gasteiger partial charge in [-0.1, -0.05) is 11.6 Å². The minimum Gasteiger partial charge on any atom is -0.398 e. The van der Waals surface area contributed by atoms with Crippen molar-refractivity contribution in [2.24, 2.45) is 0 Å². The summed E-state index contributed by atoms with van der Waals surface area (Å²) < 4.78 is 26.8. The number of halogens is 1. The predicted molar refractivity (Wildman–Crippen MR) is 77.1 cm³/mol. The van der Waals surface area contributed by atoms with E-state index in [1.807, 2.05) is 0 Å². The lowest BCUT2D eigenvalue weighted by Gasteiger charge is -2.13. The lowest BCUT2D eigenvalue weighted by molar-refractivity contribution is -0.137. The summed E-state index contributed by atoms with van der Waals surface area (Å²) in [5.74, 6) is -1.04. The molecule has 114 valence electrons. The largest absolute Gasteiger partial charge is 0.398 e. The maximum atomic E-state index is 12.3. The molecule has 0 aromatic heterocycles. The van der Waals surface area contributed by atoms with Gasteiger partial charge < -0.3 is 5.73 Å². The molecule has 0 saturated carbocycles. The number of nitrogens with two attached hydrogens (primary N) is 1. The van der Waals surface area contributed by atoms with Crippen LogP contribution >= 0.6 is 11.6 Å². The number of hydrogen-bond donors (Lipinski definition) is 2. The van der Waals surface area contributed by atoms with Gasteiger partial charge in [0.25, 0.3) is 0 Å². The molecule has 1 heterocycles. The number of likely N-dealkylation sites (tertiary alicyclic amines) is 1. The number of amides is 2. The standard InChI is InChI=1S/C12H14ClN3O4S/c1-6-3-7(13)10(4-8(6)14)21(19,20)15-9-5-11(17)16(2)12(9)18/h3-4,9,15H,5,14H2,1-2H3. The van der Waals surface area contributed by atoms with E-state index in [1.165, 1.54) is 19.2 Å². The molecule has 1 aromatic carbocycles. The van der Waals surface area contributed by atoms with Crippen LogP contribution in [0.2, 0.25) is 5.02 Å². The first-order chi connectivity index (χ1) is 9.63. The molecule has 1 fully saturated rings. The summed E-state index contributed by atoms with van der Waals surface area (Å²) in [7, 11) is -2.75. The Bertz CT molecular complexity index is 732. The van der Waals surface area contributed by atoms with Crippen molar-refractivity contribution in [2.75, 3.05) is 12.8 Å². The number of nitrogen functional groups attached to an aromatic ring is 1. The zero-order chi connectivity index (χ0) is 15.9. The van der Waals surface area contributed by atoms with Gasteiger partial charge in [-0.2, -0.15) is 4.72 Å². The van der Waals surface area contributed by atoms with Crippen molar-refractivity contribution in [1.82, 2.24) is 9.62 Å². The van der Waals surface area contributed by atoms with Crippen LogP contribution in [0.25, 0.3) is 0 Å². The number of nitrogens with zero attached hydrogens (tertiary/aromatic N) is 1. The summed E-state index contributed by atoms with van der Waals surface area (Å²) in [4.78, 5) is 23.8. The Labute approximate surface area is 127 Å². The van der Waals surface area contributed by atoms with Gasteiger partial charge in [-0.3, -0.25) is 14.5 Å². The quantitative estimate of drug-likeness (QED) is 0.610. The van der Waals surface area contributed by atoms with E-state index in [0.29, 0.717) is 5.56 Å². The van der Waals surface area contributed by atoms with Crippen LogP contribution in [0, 0.1) is 6.92 Å². The molecule has 3 N–H and O–H groups in total. The van der Waals surface area contributed by atoms with Crippen molar-refractivity contribution in [3.05, 3.63) is 22.7 Å². The molecule has 7 nitrogen and oxygen atoms in total. The van der Waals surface area contributed by atoms with E-state index in [1.54, 1.807) is 6.92 Å². The topological polar surface area (TPSA) is 110 Å². The van der Waals surface area contributed by atoms with Crippen LogP contribution in [0.15, 0.2) is 17.0 Å². The number of rotatable bonds is 3. The summed E-state index contributed by atoms with van der Waals surface area (Å²) in [5.41, 5.74) is 6.60. The average molecular weight is 332 g/mol. The van der Waals surface area contributed by atoms with Crippen LogP contribution in [-0.4, -0.2) is 38.2 Å². The number of hydrogen-bond acceptors (Lipinski definition) is 5. The molecular formula is C12H14ClN3O4S. The first-order valence-electron chi connectivity index (χ1n) is 6.02. The number of sulfonamides is 1. The van der Waals surface area contributed by atoms with Crippen LogP contribution in [0.3, 0.4) is 0 Å². The molecule has 0 aliphatic carbocycles. The monoisotopic (exact) mass is 331 g/mol. The molecule has 1 atom stereocenters. The molecule has 2 rings (SSSR count). The third-order valence-corrected chi connectivity index (χ3v) is 5.23. The van der Waals surface area contributed by atoms with Crippen molar-refractivity contribution in [3.8, 4) is 0 Å². The molecular weight excluding hydrogens is 318 g/mol. The second-order valence-electron chi connectivity index (χ2n) is 4.81. The van der Waals surface area contributed by atoms with Gasteiger partial charge >= 0.3 is 0 Å². The van der Waals surface area contributed by atoms with Gasteiger partial charge in [-0.25, -0.2) is 8.42 Å². The zero-order valence-electron chi connectivity index (χ0n) is 11.4. The van der Waals surface area contributed by atoms with Crippen molar-refractivity contribution < 1.29 is 18.0 Å². The Kier molecular flexibility index (Phi) is 3.96. The van der Waals surface area contributed by atoms with Crippen molar-refractivity contribution in [2.45, 2.75) is 24.3 Å². The molecule has 1 aliphatic rings. The first kappa shape index (κ1) is 15.7.